The van der Waals surface area contributed by atoms with Crippen molar-refractivity contribution in [2.75, 3.05) is 32.4 Å². The Bertz CT molecular complexity index is 913. The molecule has 0 bridgehead atoms. The van der Waals surface area contributed by atoms with Crippen molar-refractivity contribution < 1.29 is 13.2 Å². The average molecular weight is 387 g/mol. The number of rotatable bonds is 4. The van der Waals surface area contributed by atoms with Crippen molar-refractivity contribution in [3.8, 4) is 11.1 Å². The van der Waals surface area contributed by atoms with Crippen LogP contribution in [0.2, 0.25) is 0 Å². The molecule has 1 saturated heterocycles. The lowest BCUT2D eigenvalue weighted by atomic mass is 9.97. The van der Waals surface area contributed by atoms with Crippen LogP contribution < -0.4 is 0 Å². The molecule has 1 aliphatic rings. The van der Waals surface area contributed by atoms with Crippen LogP contribution in [0.15, 0.2) is 48.5 Å². The van der Waals surface area contributed by atoms with E-state index in [0.717, 1.165) is 11.1 Å². The molecule has 0 atom stereocenters. The highest BCUT2D eigenvalue weighted by molar-refractivity contribution is 7.88. The van der Waals surface area contributed by atoms with Gasteiger partial charge in [-0.15, -0.1) is 0 Å². The van der Waals surface area contributed by atoms with E-state index in [0.29, 0.717) is 37.7 Å². The van der Waals surface area contributed by atoms with Gasteiger partial charge in [0, 0.05) is 31.7 Å². The third kappa shape index (κ3) is 4.57. The minimum atomic E-state index is -3.20. The Morgan fingerprint density at radius 3 is 2.11 bits per heavy atom. The molecule has 1 fully saturated rings. The van der Waals surface area contributed by atoms with Gasteiger partial charge in [-0.1, -0.05) is 50.2 Å². The van der Waals surface area contributed by atoms with Crippen LogP contribution in [0.4, 0.5) is 0 Å². The van der Waals surface area contributed by atoms with Crippen molar-refractivity contribution in [1.29, 1.82) is 0 Å². The second-order valence-corrected chi connectivity index (χ2v) is 9.29. The lowest BCUT2D eigenvalue weighted by molar-refractivity contribution is 0.0698. The predicted octanol–water partition coefficient (Wildman–Crippen LogP) is 3.19. The molecular formula is C21H26N2O3S. The van der Waals surface area contributed by atoms with Gasteiger partial charge < -0.3 is 4.90 Å². The summed E-state index contributed by atoms with van der Waals surface area (Å²) in [6, 6.07) is 16.0. The van der Waals surface area contributed by atoms with Crippen molar-refractivity contribution in [3.63, 3.8) is 0 Å². The van der Waals surface area contributed by atoms with Crippen LogP contribution in [0.1, 0.15) is 35.7 Å². The number of hydrogen-bond acceptors (Lipinski definition) is 3. The number of piperazine rings is 1. The molecule has 0 aliphatic carbocycles. The average Bonchev–Trinajstić information content (AvgIpc) is 2.67. The quantitative estimate of drug-likeness (QED) is 0.811. The highest BCUT2D eigenvalue weighted by atomic mass is 32.2. The first-order valence-corrected chi connectivity index (χ1v) is 11.1. The van der Waals surface area contributed by atoms with Crippen LogP contribution in [0.5, 0.6) is 0 Å². The van der Waals surface area contributed by atoms with Gasteiger partial charge in [0.05, 0.1) is 6.26 Å². The molecular weight excluding hydrogens is 360 g/mol. The predicted molar refractivity (Wildman–Crippen MR) is 108 cm³/mol. The van der Waals surface area contributed by atoms with Gasteiger partial charge in [0.15, 0.2) is 0 Å². The Hall–Kier alpha value is -2.18. The maximum absolute atomic E-state index is 12.8. The normalized spacial score (nSPS) is 15.9. The van der Waals surface area contributed by atoms with Crippen LogP contribution in [0, 0.1) is 0 Å². The summed E-state index contributed by atoms with van der Waals surface area (Å²) in [7, 11) is -3.20. The van der Waals surface area contributed by atoms with Crippen LogP contribution in [0.3, 0.4) is 0 Å². The highest BCUT2D eigenvalue weighted by Gasteiger charge is 2.26. The van der Waals surface area contributed by atoms with E-state index in [9.17, 15) is 13.2 Å². The Morgan fingerprint density at radius 1 is 0.926 bits per heavy atom. The first kappa shape index (κ1) is 19.6. The Balaban J connectivity index is 1.74. The van der Waals surface area contributed by atoms with E-state index < -0.39 is 10.0 Å². The zero-order valence-electron chi connectivity index (χ0n) is 16.1. The Kier molecular flexibility index (Phi) is 5.67. The van der Waals surface area contributed by atoms with E-state index >= 15 is 0 Å². The summed E-state index contributed by atoms with van der Waals surface area (Å²) < 4.78 is 24.7. The van der Waals surface area contributed by atoms with Gasteiger partial charge in [-0.2, -0.15) is 4.31 Å². The van der Waals surface area contributed by atoms with Crippen LogP contribution >= 0.6 is 0 Å². The highest BCUT2D eigenvalue weighted by Crippen LogP contribution is 2.24. The van der Waals surface area contributed by atoms with Crippen molar-refractivity contribution in [3.05, 3.63) is 59.7 Å². The molecule has 2 aromatic rings. The van der Waals surface area contributed by atoms with Gasteiger partial charge in [-0.05, 0) is 34.7 Å². The van der Waals surface area contributed by atoms with Gasteiger partial charge in [-0.3, -0.25) is 4.79 Å². The molecule has 0 aromatic heterocycles. The summed E-state index contributed by atoms with van der Waals surface area (Å²) in [5.74, 6) is 0.432. The van der Waals surface area contributed by atoms with Gasteiger partial charge in [0.2, 0.25) is 10.0 Å². The summed E-state index contributed by atoms with van der Waals surface area (Å²) in [6.07, 6.45) is 1.21. The Morgan fingerprint density at radius 2 is 1.56 bits per heavy atom. The molecule has 1 aliphatic heterocycles. The minimum absolute atomic E-state index is 0.0520. The zero-order chi connectivity index (χ0) is 19.6. The topological polar surface area (TPSA) is 57.7 Å². The fourth-order valence-electron chi connectivity index (χ4n) is 3.30. The molecule has 6 heteroatoms. The lowest BCUT2D eigenvalue weighted by Crippen LogP contribution is -2.50. The van der Waals surface area contributed by atoms with Gasteiger partial charge in [0.25, 0.3) is 5.91 Å². The van der Waals surface area contributed by atoms with E-state index in [4.69, 9.17) is 0 Å². The summed E-state index contributed by atoms with van der Waals surface area (Å²) in [5.41, 5.74) is 4.00. The lowest BCUT2D eigenvalue weighted by Gasteiger charge is -2.33. The van der Waals surface area contributed by atoms with Crippen LogP contribution in [-0.2, 0) is 10.0 Å². The summed E-state index contributed by atoms with van der Waals surface area (Å²) in [6.45, 7) is 5.86. The van der Waals surface area contributed by atoms with E-state index in [-0.39, 0.29) is 5.91 Å². The van der Waals surface area contributed by atoms with Crippen molar-refractivity contribution in [1.82, 2.24) is 9.21 Å². The first-order valence-electron chi connectivity index (χ1n) is 9.20. The zero-order valence-corrected chi connectivity index (χ0v) is 16.9. The van der Waals surface area contributed by atoms with E-state index in [1.807, 2.05) is 24.3 Å². The number of carbonyl (C=O) groups excluding carboxylic acids is 1. The van der Waals surface area contributed by atoms with Gasteiger partial charge >= 0.3 is 0 Å². The monoisotopic (exact) mass is 386 g/mol. The fraction of sp³-hybridized carbons (Fsp3) is 0.381. The second-order valence-electron chi connectivity index (χ2n) is 7.31. The molecule has 0 saturated carbocycles. The largest absolute Gasteiger partial charge is 0.336 e. The molecule has 27 heavy (non-hydrogen) atoms. The van der Waals surface area contributed by atoms with Crippen molar-refractivity contribution in [2.24, 2.45) is 0 Å². The minimum Gasteiger partial charge on any atom is -0.336 e. The smallest absolute Gasteiger partial charge is 0.253 e. The molecule has 2 aromatic carbocycles. The summed E-state index contributed by atoms with van der Waals surface area (Å²) >= 11 is 0. The second kappa shape index (κ2) is 7.82. The van der Waals surface area contributed by atoms with E-state index in [1.54, 1.807) is 4.90 Å². The maximum atomic E-state index is 12.8. The molecule has 1 heterocycles. The standard InChI is InChI=1S/C21H26N2O3S/c1-16(2)17-7-9-18(10-8-17)19-5-4-6-20(15-19)21(24)22-11-13-23(14-12-22)27(3,25)26/h4-10,15-16H,11-14H2,1-3H3. The van der Waals surface area contributed by atoms with Crippen LogP contribution in [-0.4, -0.2) is 56.0 Å². The van der Waals surface area contributed by atoms with Crippen molar-refractivity contribution in [2.45, 2.75) is 19.8 Å². The SMILES string of the molecule is CC(C)c1ccc(-c2cccc(C(=O)N3CCN(S(C)(=O)=O)CC3)c2)cc1. The van der Waals surface area contributed by atoms with Gasteiger partial charge in [-0.25, -0.2) is 8.42 Å². The number of sulfonamides is 1. The first-order chi connectivity index (χ1) is 12.8. The Labute approximate surface area is 161 Å². The number of hydrogen-bond donors (Lipinski definition) is 0. The molecule has 144 valence electrons. The number of nitrogens with zero attached hydrogens (tertiary/aromatic N) is 2. The van der Waals surface area contributed by atoms with E-state index in [2.05, 4.69) is 38.1 Å². The molecule has 5 nitrogen and oxygen atoms in total. The number of amides is 1. The molecule has 0 spiro atoms. The molecule has 0 unspecified atom stereocenters. The van der Waals surface area contributed by atoms with E-state index in [1.165, 1.54) is 16.1 Å². The number of carbonyl (C=O) groups is 1. The molecule has 3 rings (SSSR count). The van der Waals surface area contributed by atoms with Crippen molar-refractivity contribution >= 4 is 15.9 Å². The number of benzene rings is 2. The molecule has 1 amide bonds. The summed E-state index contributed by atoms with van der Waals surface area (Å²) in [4.78, 5) is 14.6. The van der Waals surface area contributed by atoms with Gasteiger partial charge in [0.1, 0.15) is 0 Å². The third-order valence-corrected chi connectivity index (χ3v) is 6.32. The third-order valence-electron chi connectivity index (χ3n) is 5.02. The van der Waals surface area contributed by atoms with Crippen LogP contribution in [0.25, 0.3) is 11.1 Å². The maximum Gasteiger partial charge on any atom is 0.253 e. The fourth-order valence-corrected chi connectivity index (χ4v) is 4.12. The molecule has 0 radical (unpaired) electrons. The summed E-state index contributed by atoms with van der Waals surface area (Å²) in [5, 5.41) is 0. The molecule has 0 N–H and O–H groups in total.